The van der Waals surface area contributed by atoms with Gasteiger partial charge in [0.25, 0.3) is 0 Å². The van der Waals surface area contributed by atoms with Crippen molar-refractivity contribution in [1.82, 2.24) is 4.98 Å². The number of aromatic hydroxyl groups is 2. The minimum absolute atomic E-state index is 0.000880. The van der Waals surface area contributed by atoms with Gasteiger partial charge in [0.2, 0.25) is 5.88 Å². The molecular weight excluding hydrogens is 164 g/mol. The SMILES string of the molecule is NCCSc1cc(O)[nH]c1O. The van der Waals surface area contributed by atoms with Gasteiger partial charge >= 0.3 is 0 Å². The Morgan fingerprint density at radius 2 is 2.27 bits per heavy atom. The average Bonchev–Trinajstić information content (AvgIpc) is 2.26. The summed E-state index contributed by atoms with van der Waals surface area (Å²) in [6.45, 7) is 0.552. The minimum atomic E-state index is -0.0259. The third kappa shape index (κ3) is 2.06. The highest BCUT2D eigenvalue weighted by molar-refractivity contribution is 7.99. The highest BCUT2D eigenvalue weighted by Crippen LogP contribution is 2.30. The molecule has 11 heavy (non-hydrogen) atoms. The number of H-pyrrole nitrogens is 1. The van der Waals surface area contributed by atoms with Crippen molar-refractivity contribution >= 4 is 11.8 Å². The molecule has 0 saturated carbocycles. The molecule has 1 aromatic heterocycles. The van der Waals surface area contributed by atoms with Crippen molar-refractivity contribution in [3.05, 3.63) is 6.07 Å². The molecular formula is C6H10N2O2S. The Morgan fingerprint density at radius 1 is 1.55 bits per heavy atom. The largest absolute Gasteiger partial charge is 0.494 e. The van der Waals surface area contributed by atoms with Crippen molar-refractivity contribution in [2.24, 2.45) is 5.73 Å². The second-order valence-electron chi connectivity index (χ2n) is 2.00. The molecule has 62 valence electrons. The number of aromatic amines is 1. The molecule has 0 spiro atoms. The number of aromatic nitrogens is 1. The average molecular weight is 174 g/mol. The molecule has 0 fully saturated rings. The Hall–Kier alpha value is -0.810. The molecule has 5 N–H and O–H groups in total. The van der Waals surface area contributed by atoms with E-state index in [2.05, 4.69) is 4.98 Å². The van der Waals surface area contributed by atoms with Gasteiger partial charge < -0.3 is 15.9 Å². The first-order valence-electron chi connectivity index (χ1n) is 3.18. The lowest BCUT2D eigenvalue weighted by molar-refractivity contribution is 0.421. The van der Waals surface area contributed by atoms with E-state index < -0.39 is 0 Å². The molecule has 1 aromatic rings. The molecule has 0 aliphatic rings. The van der Waals surface area contributed by atoms with Crippen LogP contribution in [0.4, 0.5) is 0 Å². The summed E-state index contributed by atoms with van der Waals surface area (Å²) in [5.41, 5.74) is 5.26. The Bertz CT molecular complexity index is 236. The lowest BCUT2D eigenvalue weighted by Crippen LogP contribution is -2.00. The van der Waals surface area contributed by atoms with Crippen molar-refractivity contribution < 1.29 is 10.2 Å². The molecule has 0 atom stereocenters. The summed E-state index contributed by atoms with van der Waals surface area (Å²) in [6.07, 6.45) is 0. The van der Waals surface area contributed by atoms with E-state index in [1.54, 1.807) is 0 Å². The first-order valence-corrected chi connectivity index (χ1v) is 4.16. The van der Waals surface area contributed by atoms with E-state index in [1.165, 1.54) is 17.8 Å². The van der Waals surface area contributed by atoms with Crippen molar-refractivity contribution in [2.75, 3.05) is 12.3 Å². The summed E-state index contributed by atoms with van der Waals surface area (Å²) >= 11 is 1.40. The van der Waals surface area contributed by atoms with E-state index in [4.69, 9.17) is 15.9 Å². The van der Waals surface area contributed by atoms with Gasteiger partial charge in [0.15, 0.2) is 5.88 Å². The van der Waals surface area contributed by atoms with Crippen LogP contribution >= 0.6 is 11.8 Å². The summed E-state index contributed by atoms with van der Waals surface area (Å²) in [6, 6.07) is 1.47. The van der Waals surface area contributed by atoms with E-state index in [-0.39, 0.29) is 11.8 Å². The van der Waals surface area contributed by atoms with Crippen LogP contribution in [0, 0.1) is 0 Å². The van der Waals surface area contributed by atoms with E-state index in [0.717, 1.165) is 5.75 Å². The number of thioether (sulfide) groups is 1. The monoisotopic (exact) mass is 174 g/mol. The predicted molar refractivity (Wildman–Crippen MR) is 43.9 cm³/mol. The molecule has 1 heterocycles. The highest BCUT2D eigenvalue weighted by atomic mass is 32.2. The van der Waals surface area contributed by atoms with Gasteiger partial charge in [0, 0.05) is 18.4 Å². The normalized spacial score (nSPS) is 10.3. The van der Waals surface area contributed by atoms with E-state index >= 15 is 0 Å². The zero-order chi connectivity index (χ0) is 8.27. The molecule has 0 unspecified atom stereocenters. The number of hydrogen-bond donors (Lipinski definition) is 4. The smallest absolute Gasteiger partial charge is 0.205 e. The Kier molecular flexibility index (Phi) is 2.67. The van der Waals surface area contributed by atoms with Crippen molar-refractivity contribution in [3.63, 3.8) is 0 Å². The van der Waals surface area contributed by atoms with Gasteiger partial charge in [0.1, 0.15) is 0 Å². The van der Waals surface area contributed by atoms with Crippen LogP contribution < -0.4 is 5.73 Å². The van der Waals surface area contributed by atoms with Gasteiger partial charge in [-0.15, -0.1) is 11.8 Å². The highest BCUT2D eigenvalue weighted by Gasteiger charge is 2.04. The summed E-state index contributed by atoms with van der Waals surface area (Å²) < 4.78 is 0. The Morgan fingerprint density at radius 3 is 2.73 bits per heavy atom. The fourth-order valence-corrected chi connectivity index (χ4v) is 1.41. The van der Waals surface area contributed by atoms with Crippen LogP contribution in [0.25, 0.3) is 0 Å². The van der Waals surface area contributed by atoms with Gasteiger partial charge in [-0.2, -0.15) is 0 Å². The number of hydrogen-bond acceptors (Lipinski definition) is 4. The van der Waals surface area contributed by atoms with Gasteiger partial charge in [-0.1, -0.05) is 0 Å². The van der Waals surface area contributed by atoms with Crippen LogP contribution in [0.15, 0.2) is 11.0 Å². The van der Waals surface area contributed by atoms with Crippen molar-refractivity contribution in [3.8, 4) is 11.8 Å². The molecule has 0 bridgehead atoms. The maximum atomic E-state index is 9.08. The zero-order valence-electron chi connectivity index (χ0n) is 5.87. The number of rotatable bonds is 3. The number of nitrogens with two attached hydrogens (primary N) is 1. The van der Waals surface area contributed by atoms with Crippen LogP contribution in [-0.4, -0.2) is 27.5 Å². The maximum Gasteiger partial charge on any atom is 0.205 e. The molecule has 0 aromatic carbocycles. The van der Waals surface area contributed by atoms with E-state index in [9.17, 15) is 0 Å². The lowest BCUT2D eigenvalue weighted by atomic mass is 10.6. The van der Waals surface area contributed by atoms with E-state index in [0.29, 0.717) is 11.4 Å². The van der Waals surface area contributed by atoms with E-state index in [1.807, 2.05) is 0 Å². The van der Waals surface area contributed by atoms with Crippen molar-refractivity contribution in [1.29, 1.82) is 0 Å². The molecule has 4 nitrogen and oxygen atoms in total. The fourth-order valence-electron chi connectivity index (χ4n) is 0.690. The predicted octanol–water partition coefficient (Wildman–Crippen LogP) is 0.477. The molecule has 0 aliphatic carbocycles. The molecule has 1 rings (SSSR count). The topological polar surface area (TPSA) is 82.3 Å². The first-order chi connectivity index (χ1) is 5.24. The summed E-state index contributed by atoms with van der Waals surface area (Å²) in [4.78, 5) is 3.00. The summed E-state index contributed by atoms with van der Waals surface area (Å²) in [5.74, 6) is 0.702. The molecule has 0 aliphatic heterocycles. The number of nitrogens with one attached hydrogen (secondary N) is 1. The Balaban J connectivity index is 2.62. The van der Waals surface area contributed by atoms with Gasteiger partial charge in [-0.05, 0) is 0 Å². The van der Waals surface area contributed by atoms with Crippen LogP contribution in [-0.2, 0) is 0 Å². The van der Waals surface area contributed by atoms with Crippen LogP contribution in [0.2, 0.25) is 0 Å². The molecule has 0 saturated heterocycles. The standard InChI is InChI=1S/C6H10N2O2S/c7-1-2-11-4-3-5(9)8-6(4)10/h3,8-10H,1-2,7H2. The lowest BCUT2D eigenvalue weighted by Gasteiger charge is -1.94. The van der Waals surface area contributed by atoms with Gasteiger partial charge in [-0.3, -0.25) is 4.98 Å². The first kappa shape index (κ1) is 8.29. The second-order valence-corrected chi connectivity index (χ2v) is 3.14. The summed E-state index contributed by atoms with van der Waals surface area (Å²) in [7, 11) is 0. The third-order valence-electron chi connectivity index (χ3n) is 1.12. The molecule has 0 radical (unpaired) electrons. The van der Waals surface area contributed by atoms with Crippen LogP contribution in [0.1, 0.15) is 0 Å². The minimum Gasteiger partial charge on any atom is -0.494 e. The fraction of sp³-hybridized carbons (Fsp3) is 0.333. The molecule has 5 heteroatoms. The second kappa shape index (κ2) is 3.54. The quantitative estimate of drug-likeness (QED) is 0.502. The van der Waals surface area contributed by atoms with Crippen molar-refractivity contribution in [2.45, 2.75) is 4.90 Å². The summed E-state index contributed by atoms with van der Waals surface area (Å²) in [5, 5.41) is 18.0. The maximum absolute atomic E-state index is 9.08. The van der Waals surface area contributed by atoms with Gasteiger partial charge in [-0.25, -0.2) is 0 Å². The van der Waals surface area contributed by atoms with Crippen LogP contribution in [0.5, 0.6) is 11.8 Å². The zero-order valence-corrected chi connectivity index (χ0v) is 6.69. The Labute approximate surface area is 68.4 Å². The molecule has 0 amide bonds. The van der Waals surface area contributed by atoms with Gasteiger partial charge in [0.05, 0.1) is 4.90 Å². The van der Waals surface area contributed by atoms with Crippen LogP contribution in [0.3, 0.4) is 0 Å². The third-order valence-corrected chi connectivity index (χ3v) is 2.19.